The molecule has 3 heterocycles. The van der Waals surface area contributed by atoms with E-state index in [1.807, 2.05) is 30.3 Å². The number of hydrogen-bond donors (Lipinski definition) is 0. The lowest BCUT2D eigenvalue weighted by Gasteiger charge is -2.26. The number of morpholine rings is 1. The van der Waals surface area contributed by atoms with E-state index < -0.39 is 10.0 Å². The van der Waals surface area contributed by atoms with Crippen LogP contribution in [0.5, 0.6) is 0 Å². The third-order valence-corrected chi connectivity index (χ3v) is 8.60. The standard InChI is InChI=1S/C24H26N4O3S2/c1-2-11-28-22-9-8-19(33(29,30)27-12-14-31-15-13-27)16-21(22)25-23(28)17-32-24-10-7-18-5-3-4-6-20(18)26-24/h3-10,16H,2,11-15,17H2,1H3. The molecule has 5 rings (SSSR count). The van der Waals surface area contributed by atoms with Crippen LogP contribution in [-0.2, 0) is 27.1 Å². The first-order chi connectivity index (χ1) is 16.1. The fraction of sp³-hybridized carbons (Fsp3) is 0.333. The molecule has 0 saturated carbocycles. The van der Waals surface area contributed by atoms with Gasteiger partial charge in [0.05, 0.1) is 45.4 Å². The van der Waals surface area contributed by atoms with Gasteiger partial charge >= 0.3 is 0 Å². The molecular weight excluding hydrogens is 456 g/mol. The molecule has 2 aromatic heterocycles. The van der Waals surface area contributed by atoms with Crippen molar-refractivity contribution < 1.29 is 13.2 Å². The minimum Gasteiger partial charge on any atom is -0.379 e. The number of ether oxygens (including phenoxy) is 1. The quantitative estimate of drug-likeness (QED) is 0.366. The normalized spacial score (nSPS) is 15.4. The number of aryl methyl sites for hydroxylation is 1. The molecule has 1 aliphatic rings. The van der Waals surface area contributed by atoms with Gasteiger partial charge in [0.1, 0.15) is 5.82 Å². The first kappa shape index (κ1) is 22.3. The van der Waals surface area contributed by atoms with Crippen LogP contribution in [0.15, 0.2) is 64.5 Å². The van der Waals surface area contributed by atoms with E-state index in [0.29, 0.717) is 37.6 Å². The summed E-state index contributed by atoms with van der Waals surface area (Å²) in [6, 6.07) is 17.5. The van der Waals surface area contributed by atoms with E-state index >= 15 is 0 Å². The molecule has 9 heteroatoms. The molecular formula is C24H26N4O3S2. The highest BCUT2D eigenvalue weighted by atomic mass is 32.2. The Morgan fingerprint density at radius 2 is 1.82 bits per heavy atom. The van der Waals surface area contributed by atoms with Gasteiger partial charge in [0.2, 0.25) is 10.0 Å². The molecule has 1 fully saturated rings. The van der Waals surface area contributed by atoms with E-state index in [2.05, 4.69) is 23.6 Å². The third-order valence-electron chi connectivity index (χ3n) is 5.78. The van der Waals surface area contributed by atoms with Gasteiger partial charge < -0.3 is 9.30 Å². The van der Waals surface area contributed by atoms with E-state index in [1.165, 1.54) is 4.31 Å². The third kappa shape index (κ3) is 4.50. The minimum atomic E-state index is -3.56. The molecule has 2 aromatic carbocycles. The van der Waals surface area contributed by atoms with E-state index in [-0.39, 0.29) is 4.90 Å². The van der Waals surface area contributed by atoms with Gasteiger partial charge in [-0.05, 0) is 36.8 Å². The van der Waals surface area contributed by atoms with Crippen LogP contribution >= 0.6 is 11.8 Å². The summed E-state index contributed by atoms with van der Waals surface area (Å²) in [6.45, 7) is 4.57. The molecule has 33 heavy (non-hydrogen) atoms. The molecule has 0 bridgehead atoms. The Balaban J connectivity index is 1.44. The van der Waals surface area contributed by atoms with Crippen LogP contribution in [0.3, 0.4) is 0 Å². The van der Waals surface area contributed by atoms with Crippen molar-refractivity contribution in [3.05, 3.63) is 60.4 Å². The van der Waals surface area contributed by atoms with Gasteiger partial charge in [-0.25, -0.2) is 18.4 Å². The molecule has 0 atom stereocenters. The Hall–Kier alpha value is -2.46. The number of sulfonamides is 1. The Bertz CT molecular complexity index is 1400. The summed E-state index contributed by atoms with van der Waals surface area (Å²) in [7, 11) is -3.56. The van der Waals surface area contributed by atoms with Crippen LogP contribution in [-0.4, -0.2) is 53.6 Å². The van der Waals surface area contributed by atoms with Crippen LogP contribution in [0, 0.1) is 0 Å². The van der Waals surface area contributed by atoms with Crippen molar-refractivity contribution in [2.45, 2.75) is 35.6 Å². The summed E-state index contributed by atoms with van der Waals surface area (Å²) < 4.78 is 35.2. The van der Waals surface area contributed by atoms with Crippen molar-refractivity contribution in [2.24, 2.45) is 0 Å². The number of aromatic nitrogens is 3. The second kappa shape index (κ2) is 9.42. The van der Waals surface area contributed by atoms with E-state index in [0.717, 1.165) is 40.2 Å². The van der Waals surface area contributed by atoms with Crippen LogP contribution in [0.1, 0.15) is 19.2 Å². The van der Waals surface area contributed by atoms with Crippen molar-refractivity contribution in [2.75, 3.05) is 26.3 Å². The maximum Gasteiger partial charge on any atom is 0.243 e. The first-order valence-corrected chi connectivity index (χ1v) is 13.5. The number of benzene rings is 2. The zero-order valence-electron chi connectivity index (χ0n) is 18.5. The Morgan fingerprint density at radius 3 is 2.64 bits per heavy atom. The predicted octanol–water partition coefficient (Wildman–Crippen LogP) is 4.31. The second-order valence-corrected chi connectivity index (χ2v) is 10.9. The molecule has 1 aliphatic heterocycles. The predicted molar refractivity (Wildman–Crippen MR) is 131 cm³/mol. The van der Waals surface area contributed by atoms with Gasteiger partial charge in [-0.15, -0.1) is 0 Å². The van der Waals surface area contributed by atoms with Gasteiger partial charge in [-0.1, -0.05) is 43.0 Å². The van der Waals surface area contributed by atoms with Crippen molar-refractivity contribution in [1.82, 2.24) is 18.8 Å². The lowest BCUT2D eigenvalue weighted by Crippen LogP contribution is -2.40. The highest BCUT2D eigenvalue weighted by Gasteiger charge is 2.27. The largest absolute Gasteiger partial charge is 0.379 e. The molecule has 172 valence electrons. The van der Waals surface area contributed by atoms with Gasteiger partial charge in [-0.3, -0.25) is 0 Å². The van der Waals surface area contributed by atoms with Gasteiger partial charge in [0.25, 0.3) is 0 Å². The fourth-order valence-electron chi connectivity index (χ4n) is 4.11. The molecule has 4 aromatic rings. The van der Waals surface area contributed by atoms with E-state index in [1.54, 1.807) is 23.9 Å². The topological polar surface area (TPSA) is 77.3 Å². The van der Waals surface area contributed by atoms with Crippen LogP contribution < -0.4 is 0 Å². The van der Waals surface area contributed by atoms with Gasteiger partial charge in [-0.2, -0.15) is 4.31 Å². The first-order valence-electron chi connectivity index (χ1n) is 11.1. The number of rotatable bonds is 7. The number of imidazole rings is 1. The molecule has 0 amide bonds. The number of nitrogens with zero attached hydrogens (tertiary/aromatic N) is 4. The average molecular weight is 483 g/mol. The lowest BCUT2D eigenvalue weighted by atomic mass is 10.2. The summed E-state index contributed by atoms with van der Waals surface area (Å²) in [6.07, 6.45) is 0.963. The number of para-hydroxylation sites is 1. The maximum atomic E-state index is 13.1. The monoisotopic (exact) mass is 482 g/mol. The van der Waals surface area contributed by atoms with E-state index in [9.17, 15) is 8.42 Å². The Morgan fingerprint density at radius 1 is 1.00 bits per heavy atom. The number of pyridine rings is 1. The van der Waals surface area contributed by atoms with Gasteiger partial charge in [0.15, 0.2) is 0 Å². The summed E-state index contributed by atoms with van der Waals surface area (Å²) in [4.78, 5) is 9.87. The molecule has 0 unspecified atom stereocenters. The number of thioether (sulfide) groups is 1. The zero-order valence-corrected chi connectivity index (χ0v) is 20.1. The molecule has 0 radical (unpaired) electrons. The van der Waals surface area contributed by atoms with Crippen molar-refractivity contribution in [1.29, 1.82) is 0 Å². The lowest BCUT2D eigenvalue weighted by molar-refractivity contribution is 0.0730. The molecule has 0 spiro atoms. The number of fused-ring (bicyclic) bond motifs is 2. The van der Waals surface area contributed by atoms with E-state index in [4.69, 9.17) is 14.7 Å². The van der Waals surface area contributed by atoms with Crippen LogP contribution in [0.4, 0.5) is 0 Å². The maximum absolute atomic E-state index is 13.1. The summed E-state index contributed by atoms with van der Waals surface area (Å²) >= 11 is 1.64. The van der Waals surface area contributed by atoms with Gasteiger partial charge in [0, 0.05) is 25.0 Å². The highest BCUT2D eigenvalue weighted by molar-refractivity contribution is 7.98. The van der Waals surface area contributed by atoms with Crippen LogP contribution in [0.2, 0.25) is 0 Å². The summed E-state index contributed by atoms with van der Waals surface area (Å²) in [5.41, 5.74) is 2.64. The SMILES string of the molecule is CCCn1c(CSc2ccc3ccccc3n2)nc2cc(S(=O)(=O)N3CCOCC3)ccc21. The minimum absolute atomic E-state index is 0.286. The van der Waals surface area contributed by atoms with Crippen molar-refractivity contribution in [3.8, 4) is 0 Å². The fourth-order valence-corrected chi connectivity index (χ4v) is 6.36. The Labute approximate surface area is 197 Å². The van der Waals surface area contributed by atoms with Crippen molar-refractivity contribution in [3.63, 3.8) is 0 Å². The molecule has 7 nitrogen and oxygen atoms in total. The molecule has 1 saturated heterocycles. The summed E-state index contributed by atoms with van der Waals surface area (Å²) in [5.74, 6) is 1.58. The second-order valence-electron chi connectivity index (χ2n) is 7.98. The highest BCUT2D eigenvalue weighted by Crippen LogP contribution is 2.28. The molecule has 0 N–H and O–H groups in total. The average Bonchev–Trinajstić information content (AvgIpc) is 3.20. The summed E-state index contributed by atoms with van der Waals surface area (Å²) in [5, 5.41) is 2.06. The zero-order chi connectivity index (χ0) is 22.8. The van der Waals surface area contributed by atoms with Crippen LogP contribution in [0.25, 0.3) is 21.9 Å². The van der Waals surface area contributed by atoms with Crippen molar-refractivity contribution >= 4 is 43.7 Å². The number of hydrogen-bond acceptors (Lipinski definition) is 6. The Kier molecular flexibility index (Phi) is 6.38. The molecule has 0 aliphatic carbocycles. The smallest absolute Gasteiger partial charge is 0.243 e.